The second-order valence-corrected chi connectivity index (χ2v) is 6.61. The van der Waals surface area contributed by atoms with Crippen molar-refractivity contribution in [2.45, 2.75) is 6.10 Å². The van der Waals surface area contributed by atoms with E-state index in [0.717, 1.165) is 30.9 Å². The van der Waals surface area contributed by atoms with Crippen LogP contribution in [0.2, 0.25) is 0 Å². The number of carbonyl (C=O) groups excluding carboxylic acids is 1. The van der Waals surface area contributed by atoms with Gasteiger partial charge in [-0.2, -0.15) is 0 Å². The molecule has 1 aromatic rings. The van der Waals surface area contributed by atoms with Crippen LogP contribution in [0.3, 0.4) is 0 Å². The van der Waals surface area contributed by atoms with Gasteiger partial charge in [-0.25, -0.2) is 0 Å². The topological polar surface area (TPSA) is 60.5 Å². The van der Waals surface area contributed by atoms with Gasteiger partial charge in [-0.05, 0) is 17.7 Å². The first-order chi connectivity index (χ1) is 13.7. The van der Waals surface area contributed by atoms with E-state index in [1.54, 1.807) is 20.3 Å². The summed E-state index contributed by atoms with van der Waals surface area (Å²) in [7, 11) is 3.27. The van der Waals surface area contributed by atoms with Crippen molar-refractivity contribution in [1.82, 2.24) is 9.80 Å². The third-order valence-electron chi connectivity index (χ3n) is 4.69. The van der Waals surface area contributed by atoms with Crippen LogP contribution in [0.4, 0.5) is 0 Å². The van der Waals surface area contributed by atoms with Crippen LogP contribution in [0.5, 0.6) is 5.75 Å². The second-order valence-electron chi connectivity index (χ2n) is 6.61. The Balaban J connectivity index is 1.85. The minimum absolute atomic E-state index is 0.0306. The van der Waals surface area contributed by atoms with Gasteiger partial charge < -0.3 is 23.8 Å². The molecule has 1 aliphatic rings. The zero-order chi connectivity index (χ0) is 20.2. The van der Waals surface area contributed by atoms with Crippen LogP contribution in [0.25, 0.3) is 0 Å². The highest BCUT2D eigenvalue weighted by Gasteiger charge is 2.24. The Morgan fingerprint density at radius 3 is 2.68 bits per heavy atom. The van der Waals surface area contributed by atoms with Gasteiger partial charge >= 0.3 is 0 Å². The summed E-state index contributed by atoms with van der Waals surface area (Å²) >= 11 is 0. The zero-order valence-electron chi connectivity index (χ0n) is 17.0. The summed E-state index contributed by atoms with van der Waals surface area (Å²) in [6, 6.07) is 7.95. The van der Waals surface area contributed by atoms with Gasteiger partial charge in [0.25, 0.3) is 0 Å². The fourth-order valence-corrected chi connectivity index (χ4v) is 3.09. The Bertz CT molecular complexity index is 602. The molecule has 1 heterocycles. The maximum absolute atomic E-state index is 12.2. The average Bonchev–Trinajstić information content (AvgIpc) is 2.74. The number of hydrogen-bond acceptors (Lipinski definition) is 6. The highest BCUT2D eigenvalue weighted by molar-refractivity contribution is 5.77. The van der Waals surface area contributed by atoms with Crippen LogP contribution in [-0.4, -0.2) is 89.1 Å². The molecule has 1 fully saturated rings. The van der Waals surface area contributed by atoms with Gasteiger partial charge in [-0.15, -0.1) is 6.58 Å². The van der Waals surface area contributed by atoms with E-state index >= 15 is 0 Å². The number of rotatable bonds is 12. The number of nitrogens with zero attached hydrogens (tertiary/aromatic N) is 2. The Morgan fingerprint density at radius 2 is 2.00 bits per heavy atom. The molecule has 1 unspecified atom stereocenters. The molecule has 1 amide bonds. The molecule has 1 saturated heterocycles. The second kappa shape index (κ2) is 12.5. The summed E-state index contributed by atoms with van der Waals surface area (Å²) in [4.78, 5) is 16.4. The van der Waals surface area contributed by atoms with E-state index in [0.29, 0.717) is 32.9 Å². The van der Waals surface area contributed by atoms with Gasteiger partial charge in [-0.3, -0.25) is 9.69 Å². The molecule has 0 radical (unpaired) electrons. The monoisotopic (exact) mass is 392 g/mol. The summed E-state index contributed by atoms with van der Waals surface area (Å²) in [5, 5.41) is 0. The van der Waals surface area contributed by atoms with E-state index in [9.17, 15) is 4.79 Å². The molecular formula is C21H32N2O5. The molecular weight excluding hydrogens is 360 g/mol. The van der Waals surface area contributed by atoms with Crippen molar-refractivity contribution in [2.75, 3.05) is 73.4 Å². The quantitative estimate of drug-likeness (QED) is 0.399. The number of ether oxygens (including phenoxy) is 4. The predicted molar refractivity (Wildman–Crippen MR) is 108 cm³/mol. The molecule has 0 aromatic heterocycles. The largest absolute Gasteiger partial charge is 0.497 e. The van der Waals surface area contributed by atoms with Crippen molar-refractivity contribution in [2.24, 2.45) is 0 Å². The Labute approximate surface area is 167 Å². The molecule has 1 aliphatic heterocycles. The van der Waals surface area contributed by atoms with E-state index < -0.39 is 0 Å². The molecule has 7 nitrogen and oxygen atoms in total. The Morgan fingerprint density at radius 1 is 1.21 bits per heavy atom. The number of carbonyl (C=O) groups is 1. The molecule has 0 aliphatic carbocycles. The van der Waals surface area contributed by atoms with Crippen molar-refractivity contribution >= 4 is 5.91 Å². The molecule has 2 rings (SSSR count). The standard InChI is InChI=1S/C21H32N2O5/c1-4-12-28-20(18-6-5-7-19(15-18)26-3)16-22-8-10-23(11-9-22)21(24)17-27-14-13-25-2/h4-7,15,20H,1,8-14,16-17H2,2-3H3. The third-order valence-corrected chi connectivity index (χ3v) is 4.69. The van der Waals surface area contributed by atoms with Gasteiger partial charge in [0.2, 0.25) is 5.91 Å². The first-order valence-electron chi connectivity index (χ1n) is 9.61. The molecule has 156 valence electrons. The summed E-state index contributed by atoms with van der Waals surface area (Å²) in [6.07, 6.45) is 1.68. The van der Waals surface area contributed by atoms with E-state index in [1.165, 1.54) is 0 Å². The van der Waals surface area contributed by atoms with Crippen molar-refractivity contribution in [3.8, 4) is 5.75 Å². The first-order valence-corrected chi connectivity index (χ1v) is 9.61. The molecule has 28 heavy (non-hydrogen) atoms. The van der Waals surface area contributed by atoms with E-state index in [4.69, 9.17) is 18.9 Å². The maximum atomic E-state index is 12.2. The average molecular weight is 392 g/mol. The van der Waals surface area contributed by atoms with Gasteiger partial charge in [0.1, 0.15) is 12.4 Å². The Kier molecular flexibility index (Phi) is 9.99. The summed E-state index contributed by atoms with van der Waals surface area (Å²) in [5.41, 5.74) is 1.08. The van der Waals surface area contributed by atoms with Crippen molar-refractivity contribution in [1.29, 1.82) is 0 Å². The van der Waals surface area contributed by atoms with Gasteiger partial charge in [-0.1, -0.05) is 18.2 Å². The number of benzene rings is 1. The minimum atomic E-state index is -0.0762. The lowest BCUT2D eigenvalue weighted by atomic mass is 10.1. The van der Waals surface area contributed by atoms with Crippen LogP contribution in [0.15, 0.2) is 36.9 Å². The summed E-state index contributed by atoms with van der Waals surface area (Å²) < 4.78 is 21.6. The van der Waals surface area contributed by atoms with E-state index in [1.807, 2.05) is 29.2 Å². The predicted octanol–water partition coefficient (Wildman–Crippen LogP) is 1.75. The van der Waals surface area contributed by atoms with Crippen LogP contribution in [0, 0.1) is 0 Å². The highest BCUT2D eigenvalue weighted by Crippen LogP contribution is 2.23. The van der Waals surface area contributed by atoms with Gasteiger partial charge in [0, 0.05) is 39.8 Å². The normalized spacial score (nSPS) is 16.0. The van der Waals surface area contributed by atoms with Crippen LogP contribution >= 0.6 is 0 Å². The smallest absolute Gasteiger partial charge is 0.248 e. The lowest BCUT2D eigenvalue weighted by molar-refractivity contribution is -0.138. The molecule has 0 N–H and O–H groups in total. The molecule has 1 atom stereocenters. The lowest BCUT2D eigenvalue weighted by Crippen LogP contribution is -2.50. The number of hydrogen-bond donors (Lipinski definition) is 0. The Hall–Kier alpha value is -1.93. The number of methoxy groups -OCH3 is 2. The zero-order valence-corrected chi connectivity index (χ0v) is 17.0. The maximum Gasteiger partial charge on any atom is 0.248 e. The lowest BCUT2D eigenvalue weighted by Gasteiger charge is -2.36. The van der Waals surface area contributed by atoms with E-state index in [-0.39, 0.29) is 18.6 Å². The highest BCUT2D eigenvalue weighted by atomic mass is 16.5. The molecule has 7 heteroatoms. The van der Waals surface area contributed by atoms with Crippen molar-refractivity contribution in [3.05, 3.63) is 42.5 Å². The van der Waals surface area contributed by atoms with E-state index in [2.05, 4.69) is 11.5 Å². The summed E-state index contributed by atoms with van der Waals surface area (Å²) in [5.74, 6) is 0.844. The fraction of sp³-hybridized carbons (Fsp3) is 0.571. The number of amides is 1. The van der Waals surface area contributed by atoms with Gasteiger partial charge in [0.15, 0.2) is 0 Å². The van der Waals surface area contributed by atoms with Gasteiger partial charge in [0.05, 0.1) is 33.0 Å². The van der Waals surface area contributed by atoms with Crippen molar-refractivity contribution in [3.63, 3.8) is 0 Å². The minimum Gasteiger partial charge on any atom is -0.497 e. The van der Waals surface area contributed by atoms with Crippen LogP contribution in [-0.2, 0) is 19.0 Å². The molecule has 0 bridgehead atoms. The first kappa shape index (κ1) is 22.4. The number of piperazine rings is 1. The molecule has 0 spiro atoms. The molecule has 0 saturated carbocycles. The summed E-state index contributed by atoms with van der Waals surface area (Å²) in [6.45, 7) is 9.03. The molecule has 1 aromatic carbocycles. The van der Waals surface area contributed by atoms with Crippen LogP contribution in [0.1, 0.15) is 11.7 Å². The SMILES string of the molecule is C=CCOC(CN1CCN(C(=O)COCCOC)CC1)c1cccc(OC)c1. The fourth-order valence-electron chi connectivity index (χ4n) is 3.09. The van der Waals surface area contributed by atoms with Crippen molar-refractivity contribution < 1.29 is 23.7 Å². The van der Waals surface area contributed by atoms with Crippen LogP contribution < -0.4 is 4.74 Å². The third kappa shape index (κ3) is 7.24.